The van der Waals surface area contributed by atoms with E-state index < -0.39 is 10.0 Å². The third-order valence-corrected chi connectivity index (χ3v) is 6.66. The molecule has 1 fully saturated rings. The Hall–Kier alpha value is -2.93. The molecule has 1 saturated heterocycles. The number of aryl methyl sites for hydroxylation is 2. The van der Waals surface area contributed by atoms with Crippen LogP contribution >= 0.6 is 0 Å². The maximum Gasteiger partial charge on any atom is 0.261 e. The molecule has 0 atom stereocenters. The quantitative estimate of drug-likeness (QED) is 0.686. The molecule has 1 aliphatic rings. The summed E-state index contributed by atoms with van der Waals surface area (Å²) < 4.78 is 28.2. The Bertz CT molecular complexity index is 1120. The molecule has 1 N–H and O–H groups in total. The molecule has 0 saturated carbocycles. The van der Waals surface area contributed by atoms with Crippen LogP contribution in [0.15, 0.2) is 59.5 Å². The Balaban J connectivity index is 1.56. The van der Waals surface area contributed by atoms with Crippen molar-refractivity contribution in [2.75, 3.05) is 22.7 Å². The third kappa shape index (κ3) is 4.24. The molecule has 2 heterocycles. The second-order valence-electron chi connectivity index (χ2n) is 7.40. The lowest BCUT2D eigenvalue weighted by molar-refractivity contribution is 0.601. The number of rotatable bonds is 5. The van der Waals surface area contributed by atoms with Crippen LogP contribution in [-0.2, 0) is 10.0 Å². The topological polar surface area (TPSA) is 75.2 Å². The molecule has 6 nitrogen and oxygen atoms in total. The molecular weight excluding hydrogens is 384 g/mol. The summed E-state index contributed by atoms with van der Waals surface area (Å²) in [6.45, 7) is 5.89. The number of nitrogens with one attached hydrogen (secondary N) is 1. The van der Waals surface area contributed by atoms with Crippen LogP contribution in [0.2, 0.25) is 0 Å². The fraction of sp³-hybridized carbons (Fsp3) is 0.273. The standard InChI is InChI=1S/C22H24N4O2S/c1-16-8-9-20(14-17(16)2)29(27,28)25-19-7-5-6-18(15-19)21-10-11-22(24-23-21)26-12-3-4-13-26/h5-11,14-15,25H,3-4,12-13H2,1-2H3. The summed E-state index contributed by atoms with van der Waals surface area (Å²) in [5.41, 5.74) is 4.01. The average molecular weight is 409 g/mol. The number of sulfonamides is 1. The fourth-order valence-corrected chi connectivity index (χ4v) is 4.57. The monoisotopic (exact) mass is 408 g/mol. The van der Waals surface area contributed by atoms with E-state index in [-0.39, 0.29) is 4.90 Å². The Morgan fingerprint density at radius 3 is 2.38 bits per heavy atom. The number of hydrogen-bond donors (Lipinski definition) is 1. The highest BCUT2D eigenvalue weighted by atomic mass is 32.2. The Morgan fingerprint density at radius 2 is 1.69 bits per heavy atom. The van der Waals surface area contributed by atoms with Crippen molar-refractivity contribution in [2.45, 2.75) is 31.6 Å². The summed E-state index contributed by atoms with van der Waals surface area (Å²) >= 11 is 0. The van der Waals surface area contributed by atoms with E-state index in [1.54, 1.807) is 24.3 Å². The minimum absolute atomic E-state index is 0.251. The van der Waals surface area contributed by atoms with Gasteiger partial charge in [-0.1, -0.05) is 18.2 Å². The lowest BCUT2D eigenvalue weighted by Crippen LogP contribution is -2.19. The summed E-state index contributed by atoms with van der Waals surface area (Å²) in [6.07, 6.45) is 2.37. The van der Waals surface area contributed by atoms with Crippen LogP contribution in [0.1, 0.15) is 24.0 Å². The van der Waals surface area contributed by atoms with Crippen LogP contribution in [0.3, 0.4) is 0 Å². The lowest BCUT2D eigenvalue weighted by atomic mass is 10.1. The van der Waals surface area contributed by atoms with E-state index in [1.165, 1.54) is 12.8 Å². The number of aromatic nitrogens is 2. The second-order valence-corrected chi connectivity index (χ2v) is 9.09. The summed E-state index contributed by atoms with van der Waals surface area (Å²) in [7, 11) is -3.66. The number of hydrogen-bond acceptors (Lipinski definition) is 5. The highest BCUT2D eigenvalue weighted by molar-refractivity contribution is 7.92. The largest absolute Gasteiger partial charge is 0.355 e. The van der Waals surface area contributed by atoms with Crippen molar-refractivity contribution in [1.82, 2.24) is 10.2 Å². The zero-order valence-corrected chi connectivity index (χ0v) is 17.4. The van der Waals surface area contributed by atoms with Gasteiger partial charge in [-0.05, 0) is 74.2 Å². The van der Waals surface area contributed by atoms with E-state index in [0.29, 0.717) is 11.4 Å². The summed E-state index contributed by atoms with van der Waals surface area (Å²) in [5.74, 6) is 0.887. The van der Waals surface area contributed by atoms with Crippen LogP contribution in [0.4, 0.5) is 11.5 Å². The van der Waals surface area contributed by atoms with Gasteiger partial charge in [-0.15, -0.1) is 10.2 Å². The van der Waals surface area contributed by atoms with Crippen molar-refractivity contribution < 1.29 is 8.42 Å². The van der Waals surface area contributed by atoms with Crippen molar-refractivity contribution >= 4 is 21.5 Å². The van der Waals surface area contributed by atoms with Crippen molar-refractivity contribution in [3.63, 3.8) is 0 Å². The van der Waals surface area contributed by atoms with Crippen molar-refractivity contribution in [3.05, 3.63) is 65.7 Å². The first-order valence-corrected chi connectivity index (χ1v) is 11.2. The first-order valence-electron chi connectivity index (χ1n) is 9.71. The zero-order valence-electron chi connectivity index (χ0n) is 16.6. The summed E-state index contributed by atoms with van der Waals surface area (Å²) in [6, 6.07) is 16.2. The molecular formula is C22H24N4O2S. The fourth-order valence-electron chi connectivity index (χ4n) is 3.43. The van der Waals surface area contributed by atoms with Gasteiger partial charge in [-0.2, -0.15) is 0 Å². The molecule has 7 heteroatoms. The van der Waals surface area contributed by atoms with Gasteiger partial charge in [-0.3, -0.25) is 4.72 Å². The molecule has 3 aromatic rings. The van der Waals surface area contributed by atoms with Crippen LogP contribution in [0, 0.1) is 13.8 Å². The highest BCUT2D eigenvalue weighted by Crippen LogP contribution is 2.25. The molecule has 0 aliphatic carbocycles. The van der Waals surface area contributed by atoms with Gasteiger partial charge in [0.25, 0.3) is 10.0 Å². The SMILES string of the molecule is Cc1ccc(S(=O)(=O)Nc2cccc(-c3ccc(N4CCCC4)nn3)c2)cc1C. The predicted octanol–water partition coefficient (Wildman–Crippen LogP) is 4.16. The molecule has 0 unspecified atom stereocenters. The maximum atomic E-state index is 12.8. The second kappa shape index (κ2) is 7.83. The van der Waals surface area contributed by atoms with Crippen molar-refractivity contribution in [1.29, 1.82) is 0 Å². The van der Waals surface area contributed by atoms with Gasteiger partial charge in [-0.25, -0.2) is 8.42 Å². The lowest BCUT2D eigenvalue weighted by Gasteiger charge is -2.15. The van der Waals surface area contributed by atoms with Crippen LogP contribution in [-0.4, -0.2) is 31.7 Å². The number of benzene rings is 2. The molecule has 0 amide bonds. The van der Waals surface area contributed by atoms with Crippen LogP contribution in [0.5, 0.6) is 0 Å². The summed E-state index contributed by atoms with van der Waals surface area (Å²) in [4.78, 5) is 2.48. The molecule has 1 aliphatic heterocycles. The number of nitrogens with zero attached hydrogens (tertiary/aromatic N) is 3. The number of anilines is 2. The molecule has 4 rings (SSSR count). The van der Waals surface area contributed by atoms with Crippen molar-refractivity contribution in [3.8, 4) is 11.3 Å². The van der Waals surface area contributed by atoms with E-state index in [4.69, 9.17) is 0 Å². The molecule has 0 radical (unpaired) electrons. The third-order valence-electron chi connectivity index (χ3n) is 5.28. The maximum absolute atomic E-state index is 12.8. The van der Waals surface area contributed by atoms with Gasteiger partial charge in [0, 0.05) is 24.3 Å². The Kier molecular flexibility index (Phi) is 5.24. The van der Waals surface area contributed by atoms with Gasteiger partial charge in [0.15, 0.2) is 5.82 Å². The van der Waals surface area contributed by atoms with Crippen LogP contribution < -0.4 is 9.62 Å². The van der Waals surface area contributed by atoms with Gasteiger partial charge in [0.1, 0.15) is 0 Å². The minimum atomic E-state index is -3.66. The van der Waals surface area contributed by atoms with E-state index in [0.717, 1.165) is 35.6 Å². The first-order chi connectivity index (χ1) is 13.9. The Labute approximate surface area is 171 Å². The molecule has 150 valence electrons. The van der Waals surface area contributed by atoms with Gasteiger partial charge >= 0.3 is 0 Å². The van der Waals surface area contributed by atoms with Crippen molar-refractivity contribution in [2.24, 2.45) is 0 Å². The molecule has 29 heavy (non-hydrogen) atoms. The zero-order chi connectivity index (χ0) is 20.4. The van der Waals surface area contributed by atoms with E-state index >= 15 is 0 Å². The predicted molar refractivity (Wildman–Crippen MR) is 116 cm³/mol. The average Bonchev–Trinajstić information content (AvgIpc) is 3.25. The smallest absolute Gasteiger partial charge is 0.261 e. The molecule has 2 aromatic carbocycles. The van der Waals surface area contributed by atoms with Gasteiger partial charge < -0.3 is 4.90 Å². The normalized spacial score (nSPS) is 14.2. The first kappa shape index (κ1) is 19.4. The molecule has 0 spiro atoms. The molecule has 1 aromatic heterocycles. The Morgan fingerprint density at radius 1 is 0.897 bits per heavy atom. The van der Waals surface area contributed by atoms with E-state index in [2.05, 4.69) is 19.8 Å². The minimum Gasteiger partial charge on any atom is -0.355 e. The van der Waals surface area contributed by atoms with Crippen LogP contribution in [0.25, 0.3) is 11.3 Å². The molecule has 0 bridgehead atoms. The van der Waals surface area contributed by atoms with Gasteiger partial charge in [0.2, 0.25) is 0 Å². The highest BCUT2D eigenvalue weighted by Gasteiger charge is 2.16. The van der Waals surface area contributed by atoms with E-state index in [1.807, 2.05) is 44.2 Å². The van der Waals surface area contributed by atoms with Gasteiger partial charge in [0.05, 0.1) is 10.6 Å². The van der Waals surface area contributed by atoms with E-state index in [9.17, 15) is 8.42 Å². The summed E-state index contributed by atoms with van der Waals surface area (Å²) in [5, 5.41) is 8.69.